The zero-order valence-corrected chi connectivity index (χ0v) is 8.95. The third kappa shape index (κ3) is 2.53. The van der Waals surface area contributed by atoms with Gasteiger partial charge in [0.15, 0.2) is 0 Å². The van der Waals surface area contributed by atoms with Gasteiger partial charge in [-0.3, -0.25) is 0 Å². The molecular weight excluding hydrogens is 247 g/mol. The number of nitrogens with one attached hydrogen (secondary N) is 1. The summed E-state index contributed by atoms with van der Waals surface area (Å²) < 4.78 is 37.4. The highest BCUT2D eigenvalue weighted by Gasteiger charge is 2.30. The molecule has 2 N–H and O–H groups in total. The molecular formula is C12H8F3NO2. The molecule has 0 aliphatic rings. The fraction of sp³-hybridized carbons (Fsp3) is 0.0833. The van der Waals surface area contributed by atoms with E-state index in [1.807, 2.05) is 0 Å². The van der Waals surface area contributed by atoms with Gasteiger partial charge in [0, 0.05) is 22.7 Å². The summed E-state index contributed by atoms with van der Waals surface area (Å²) in [6.45, 7) is 0. The molecule has 0 spiro atoms. The summed E-state index contributed by atoms with van der Waals surface area (Å²) in [6, 6.07) is 4.90. The second kappa shape index (κ2) is 4.21. The van der Waals surface area contributed by atoms with Crippen LogP contribution >= 0.6 is 0 Å². The van der Waals surface area contributed by atoms with Crippen LogP contribution in [0.2, 0.25) is 0 Å². The molecule has 0 radical (unpaired) electrons. The number of aromatic amines is 1. The third-order valence-corrected chi connectivity index (χ3v) is 2.38. The molecule has 0 fully saturated rings. The summed E-state index contributed by atoms with van der Waals surface area (Å²) in [5.41, 5.74) is 0.00667. The van der Waals surface area contributed by atoms with Crippen molar-refractivity contribution in [2.24, 2.45) is 0 Å². The monoisotopic (exact) mass is 255 g/mol. The first kappa shape index (κ1) is 12.2. The molecule has 0 aliphatic heterocycles. The number of fused-ring (bicyclic) bond motifs is 1. The molecule has 0 amide bonds. The van der Waals surface area contributed by atoms with Crippen LogP contribution in [0.1, 0.15) is 11.3 Å². The number of alkyl halides is 3. The highest BCUT2D eigenvalue weighted by Crippen LogP contribution is 2.31. The van der Waals surface area contributed by atoms with Crippen LogP contribution < -0.4 is 0 Å². The number of rotatable bonds is 2. The average Bonchev–Trinajstić information content (AvgIpc) is 2.66. The van der Waals surface area contributed by atoms with Crippen molar-refractivity contribution >= 4 is 22.9 Å². The van der Waals surface area contributed by atoms with Crippen molar-refractivity contribution in [2.45, 2.75) is 6.18 Å². The number of benzene rings is 1. The molecule has 1 aromatic carbocycles. The Morgan fingerprint density at radius 1 is 1.28 bits per heavy atom. The molecule has 1 heterocycles. The summed E-state index contributed by atoms with van der Waals surface area (Å²) in [4.78, 5) is 13.0. The Labute approximate surface area is 99.5 Å². The van der Waals surface area contributed by atoms with Gasteiger partial charge in [-0.15, -0.1) is 0 Å². The van der Waals surface area contributed by atoms with E-state index in [0.29, 0.717) is 16.6 Å². The van der Waals surface area contributed by atoms with Crippen molar-refractivity contribution < 1.29 is 23.1 Å². The lowest BCUT2D eigenvalue weighted by Crippen LogP contribution is -2.03. The van der Waals surface area contributed by atoms with Gasteiger partial charge in [-0.05, 0) is 24.3 Å². The van der Waals surface area contributed by atoms with E-state index in [4.69, 9.17) is 5.11 Å². The zero-order chi connectivity index (χ0) is 13.3. The van der Waals surface area contributed by atoms with Crippen molar-refractivity contribution in [3.8, 4) is 0 Å². The summed E-state index contributed by atoms with van der Waals surface area (Å²) in [7, 11) is 0. The molecule has 1 aromatic heterocycles. The van der Waals surface area contributed by atoms with Crippen molar-refractivity contribution in [2.75, 3.05) is 0 Å². The first-order valence-corrected chi connectivity index (χ1v) is 4.97. The predicted molar refractivity (Wildman–Crippen MR) is 60.0 cm³/mol. The number of aliphatic carboxylic acids is 1. The van der Waals surface area contributed by atoms with E-state index in [1.54, 1.807) is 6.07 Å². The largest absolute Gasteiger partial charge is 0.478 e. The van der Waals surface area contributed by atoms with E-state index >= 15 is 0 Å². The normalized spacial score (nSPS) is 12.4. The maximum absolute atomic E-state index is 12.5. The number of aromatic nitrogens is 1. The first-order chi connectivity index (χ1) is 8.36. The van der Waals surface area contributed by atoms with Gasteiger partial charge in [0.05, 0.1) is 5.56 Å². The van der Waals surface area contributed by atoms with Crippen LogP contribution in [0.4, 0.5) is 13.2 Å². The highest BCUT2D eigenvalue weighted by atomic mass is 19.4. The van der Waals surface area contributed by atoms with Crippen LogP contribution in [0.3, 0.4) is 0 Å². The number of carbonyl (C=O) groups is 1. The minimum atomic E-state index is -4.39. The van der Waals surface area contributed by atoms with Crippen LogP contribution in [-0.2, 0) is 11.0 Å². The minimum Gasteiger partial charge on any atom is -0.478 e. The Hall–Kier alpha value is -2.24. The van der Waals surface area contributed by atoms with Crippen molar-refractivity contribution in [1.82, 2.24) is 4.98 Å². The Morgan fingerprint density at radius 2 is 2.00 bits per heavy atom. The highest BCUT2D eigenvalue weighted by molar-refractivity contribution is 5.88. The first-order valence-electron chi connectivity index (χ1n) is 4.97. The van der Waals surface area contributed by atoms with Crippen molar-refractivity contribution in [3.63, 3.8) is 0 Å². The quantitative estimate of drug-likeness (QED) is 0.809. The molecule has 0 aliphatic carbocycles. The molecule has 0 bridgehead atoms. The molecule has 0 unspecified atom stereocenters. The van der Waals surface area contributed by atoms with Gasteiger partial charge in [0.25, 0.3) is 0 Å². The van der Waals surface area contributed by atoms with Crippen LogP contribution in [0, 0.1) is 0 Å². The maximum Gasteiger partial charge on any atom is 0.416 e. The van der Waals surface area contributed by atoms with Crippen LogP contribution in [0.5, 0.6) is 0 Å². The smallest absolute Gasteiger partial charge is 0.416 e. The zero-order valence-electron chi connectivity index (χ0n) is 8.95. The van der Waals surface area contributed by atoms with E-state index in [0.717, 1.165) is 18.2 Å². The molecule has 2 rings (SSSR count). The Balaban J connectivity index is 2.43. The van der Waals surface area contributed by atoms with E-state index in [9.17, 15) is 18.0 Å². The molecule has 0 saturated carbocycles. The van der Waals surface area contributed by atoms with Crippen LogP contribution in [0.25, 0.3) is 17.0 Å². The van der Waals surface area contributed by atoms with Gasteiger partial charge in [-0.25, -0.2) is 4.79 Å². The number of hydrogen-bond acceptors (Lipinski definition) is 1. The van der Waals surface area contributed by atoms with Crippen LogP contribution in [0.15, 0.2) is 30.3 Å². The number of H-pyrrole nitrogens is 1. The lowest BCUT2D eigenvalue weighted by Gasteiger charge is -2.05. The lowest BCUT2D eigenvalue weighted by atomic mass is 10.1. The Bertz CT molecular complexity index is 626. The fourth-order valence-corrected chi connectivity index (χ4v) is 1.58. The Kier molecular flexibility index (Phi) is 2.86. The average molecular weight is 255 g/mol. The van der Waals surface area contributed by atoms with E-state index in [-0.39, 0.29) is 0 Å². The van der Waals surface area contributed by atoms with E-state index in [1.165, 1.54) is 12.1 Å². The molecule has 2 aromatic rings. The summed E-state index contributed by atoms with van der Waals surface area (Å²) >= 11 is 0. The fourth-order valence-electron chi connectivity index (χ4n) is 1.58. The van der Waals surface area contributed by atoms with Crippen molar-refractivity contribution in [3.05, 3.63) is 41.6 Å². The summed E-state index contributed by atoms with van der Waals surface area (Å²) in [5.74, 6) is -1.12. The number of carboxylic acids is 1. The summed E-state index contributed by atoms with van der Waals surface area (Å²) in [5, 5.41) is 9.04. The predicted octanol–water partition coefficient (Wildman–Crippen LogP) is 3.28. The standard InChI is InChI=1S/C12H8F3NO2/c13-12(14,15)8-2-1-7-5-9(3-4-11(17)18)16-10(7)6-8/h1-6,16H,(H,17,18)/b4-3+. The number of hydrogen-bond donors (Lipinski definition) is 2. The van der Waals surface area contributed by atoms with Gasteiger partial charge in [0.1, 0.15) is 0 Å². The lowest BCUT2D eigenvalue weighted by molar-refractivity contribution is -0.137. The van der Waals surface area contributed by atoms with Crippen molar-refractivity contribution in [1.29, 1.82) is 0 Å². The van der Waals surface area contributed by atoms with Gasteiger partial charge in [0.2, 0.25) is 0 Å². The summed E-state index contributed by atoms with van der Waals surface area (Å²) in [6.07, 6.45) is -2.19. The number of carboxylic acid groups (broad SMARTS) is 1. The van der Waals surface area contributed by atoms with E-state index < -0.39 is 17.7 Å². The second-order valence-electron chi connectivity index (χ2n) is 3.70. The molecule has 0 atom stereocenters. The Morgan fingerprint density at radius 3 is 2.61 bits per heavy atom. The van der Waals surface area contributed by atoms with Crippen LogP contribution in [-0.4, -0.2) is 16.1 Å². The second-order valence-corrected chi connectivity index (χ2v) is 3.70. The maximum atomic E-state index is 12.5. The van der Waals surface area contributed by atoms with Gasteiger partial charge in [-0.2, -0.15) is 13.2 Å². The van der Waals surface area contributed by atoms with E-state index in [2.05, 4.69) is 4.98 Å². The van der Waals surface area contributed by atoms with Gasteiger partial charge >= 0.3 is 12.1 Å². The van der Waals surface area contributed by atoms with Gasteiger partial charge in [-0.1, -0.05) is 6.07 Å². The number of halogens is 3. The molecule has 0 saturated heterocycles. The molecule has 94 valence electrons. The third-order valence-electron chi connectivity index (χ3n) is 2.38. The molecule has 18 heavy (non-hydrogen) atoms. The molecule has 3 nitrogen and oxygen atoms in total. The topological polar surface area (TPSA) is 53.1 Å². The minimum absolute atomic E-state index is 0.315. The van der Waals surface area contributed by atoms with Gasteiger partial charge < -0.3 is 10.1 Å². The SMILES string of the molecule is O=C(O)/C=C/c1cc2ccc(C(F)(F)F)cc2[nH]1. The molecule has 6 heteroatoms.